The molecule has 0 unspecified atom stereocenters. The number of carboxylic acids is 1. The zero-order valence-corrected chi connectivity index (χ0v) is 18.6. The lowest BCUT2D eigenvalue weighted by molar-refractivity contribution is -0.132. The lowest BCUT2D eigenvalue weighted by Crippen LogP contribution is -2.27. The van der Waals surface area contributed by atoms with Gasteiger partial charge < -0.3 is 19.5 Å². The molecule has 0 saturated carbocycles. The summed E-state index contributed by atoms with van der Waals surface area (Å²) in [5.41, 5.74) is 4.69. The number of rotatable bonds is 10. The first-order valence-electron chi connectivity index (χ1n) is 11.3. The fourth-order valence-electron chi connectivity index (χ4n) is 3.86. The van der Waals surface area contributed by atoms with Gasteiger partial charge in [-0.05, 0) is 72.7 Å². The van der Waals surface area contributed by atoms with E-state index >= 15 is 0 Å². The number of ether oxygens (including phenoxy) is 2. The number of carbonyl (C=O) groups is 1. The second-order valence-corrected chi connectivity index (χ2v) is 7.82. The highest BCUT2D eigenvalue weighted by molar-refractivity contribution is 5.94. The molecule has 1 heterocycles. The summed E-state index contributed by atoms with van der Waals surface area (Å²) in [6.45, 7) is 7.99. The van der Waals surface area contributed by atoms with Crippen molar-refractivity contribution in [1.82, 2.24) is 0 Å². The molecule has 166 valence electrons. The van der Waals surface area contributed by atoms with E-state index in [4.69, 9.17) is 9.47 Å². The summed E-state index contributed by atoms with van der Waals surface area (Å²) in [5, 5.41) is 9.58. The standard InChI is InChI=1S/C26H33NO4/c1-3-13-27-14-5-6-22(26(28)29)19-23-18-21(9-12-25(23)27)20-7-10-24(11-8-20)31-17-16-30-15-4-2/h7-12,18-19H,3-6,13-17H2,1-2H3,(H,28,29)/b22-19+. The fourth-order valence-corrected chi connectivity index (χ4v) is 3.86. The van der Waals surface area contributed by atoms with Gasteiger partial charge in [0.2, 0.25) is 0 Å². The van der Waals surface area contributed by atoms with E-state index in [0.717, 1.165) is 67.1 Å². The van der Waals surface area contributed by atoms with Gasteiger partial charge in [-0.25, -0.2) is 4.79 Å². The predicted molar refractivity (Wildman–Crippen MR) is 126 cm³/mol. The molecule has 1 aliphatic heterocycles. The Morgan fingerprint density at radius 2 is 1.77 bits per heavy atom. The SMILES string of the molecule is CCCOCCOc1ccc(-c2ccc3c(c2)/C=C(/C(=O)O)CCCN3CCC)cc1. The molecule has 0 radical (unpaired) electrons. The fraction of sp³-hybridized carbons (Fsp3) is 0.423. The van der Waals surface area contributed by atoms with E-state index in [1.807, 2.05) is 30.3 Å². The van der Waals surface area contributed by atoms with Crippen molar-refractivity contribution in [2.75, 3.05) is 37.8 Å². The molecule has 2 aromatic carbocycles. The predicted octanol–water partition coefficient (Wildman–Crippen LogP) is 5.64. The van der Waals surface area contributed by atoms with E-state index in [0.29, 0.717) is 25.2 Å². The van der Waals surface area contributed by atoms with Crippen LogP contribution in [0.25, 0.3) is 17.2 Å². The van der Waals surface area contributed by atoms with E-state index in [2.05, 4.69) is 36.9 Å². The molecule has 1 N–H and O–H groups in total. The van der Waals surface area contributed by atoms with Gasteiger partial charge in [-0.3, -0.25) is 0 Å². The number of hydrogen-bond donors (Lipinski definition) is 1. The number of fused-ring (bicyclic) bond motifs is 1. The van der Waals surface area contributed by atoms with Gasteiger partial charge in [0.1, 0.15) is 12.4 Å². The van der Waals surface area contributed by atoms with Crippen LogP contribution in [0.2, 0.25) is 0 Å². The third kappa shape index (κ3) is 6.34. The first-order chi connectivity index (χ1) is 15.1. The van der Waals surface area contributed by atoms with Crippen LogP contribution in [0.3, 0.4) is 0 Å². The zero-order chi connectivity index (χ0) is 22.1. The summed E-state index contributed by atoms with van der Waals surface area (Å²) in [6.07, 6.45) is 5.35. The van der Waals surface area contributed by atoms with Crippen LogP contribution in [-0.4, -0.2) is 44.0 Å². The van der Waals surface area contributed by atoms with Gasteiger partial charge in [0.05, 0.1) is 6.61 Å². The van der Waals surface area contributed by atoms with Gasteiger partial charge in [0, 0.05) is 31.0 Å². The van der Waals surface area contributed by atoms with Crippen molar-refractivity contribution in [3.05, 3.63) is 53.6 Å². The Morgan fingerprint density at radius 3 is 2.48 bits per heavy atom. The Bertz CT molecular complexity index is 889. The average molecular weight is 424 g/mol. The number of anilines is 1. The summed E-state index contributed by atoms with van der Waals surface area (Å²) in [6, 6.07) is 14.3. The summed E-state index contributed by atoms with van der Waals surface area (Å²) in [5.74, 6) is -0.0120. The molecule has 0 saturated heterocycles. The Hall–Kier alpha value is -2.79. The number of hydrogen-bond acceptors (Lipinski definition) is 4. The molecule has 0 spiro atoms. The third-order valence-corrected chi connectivity index (χ3v) is 5.37. The summed E-state index contributed by atoms with van der Waals surface area (Å²) in [4.78, 5) is 14.0. The van der Waals surface area contributed by atoms with Crippen molar-refractivity contribution < 1.29 is 19.4 Å². The van der Waals surface area contributed by atoms with E-state index in [9.17, 15) is 9.90 Å². The monoisotopic (exact) mass is 423 g/mol. The van der Waals surface area contributed by atoms with Crippen LogP contribution in [0.4, 0.5) is 5.69 Å². The summed E-state index contributed by atoms with van der Waals surface area (Å²) < 4.78 is 11.2. The van der Waals surface area contributed by atoms with E-state index < -0.39 is 5.97 Å². The quantitative estimate of drug-likeness (QED) is 0.501. The average Bonchev–Trinajstić information content (AvgIpc) is 2.76. The molecule has 0 atom stereocenters. The molecule has 5 heteroatoms. The Morgan fingerprint density at radius 1 is 1.00 bits per heavy atom. The summed E-state index contributed by atoms with van der Waals surface area (Å²) >= 11 is 0. The molecule has 1 aliphatic rings. The number of nitrogens with zero attached hydrogens (tertiary/aromatic N) is 1. The normalized spacial score (nSPS) is 15.4. The highest BCUT2D eigenvalue weighted by atomic mass is 16.5. The maximum atomic E-state index is 11.7. The van der Waals surface area contributed by atoms with Gasteiger partial charge in [-0.1, -0.05) is 32.0 Å². The van der Waals surface area contributed by atoms with Crippen LogP contribution in [0.1, 0.15) is 45.1 Å². The Balaban J connectivity index is 1.81. The second-order valence-electron chi connectivity index (χ2n) is 7.82. The first kappa shape index (κ1) is 22.9. The highest BCUT2D eigenvalue weighted by Gasteiger charge is 2.17. The van der Waals surface area contributed by atoms with Crippen molar-refractivity contribution in [3.8, 4) is 16.9 Å². The Labute approximate surface area is 185 Å². The molecule has 0 aromatic heterocycles. The highest BCUT2D eigenvalue weighted by Crippen LogP contribution is 2.32. The zero-order valence-electron chi connectivity index (χ0n) is 18.6. The van der Waals surface area contributed by atoms with Crippen LogP contribution in [0, 0.1) is 0 Å². The van der Waals surface area contributed by atoms with E-state index in [1.165, 1.54) is 0 Å². The largest absolute Gasteiger partial charge is 0.491 e. The topological polar surface area (TPSA) is 59.0 Å². The molecular formula is C26H33NO4. The minimum absolute atomic E-state index is 0.476. The molecule has 0 amide bonds. The van der Waals surface area contributed by atoms with Crippen LogP contribution < -0.4 is 9.64 Å². The van der Waals surface area contributed by atoms with Crippen molar-refractivity contribution >= 4 is 17.7 Å². The smallest absolute Gasteiger partial charge is 0.331 e. The molecule has 3 rings (SSSR count). The van der Waals surface area contributed by atoms with Gasteiger partial charge in [-0.2, -0.15) is 0 Å². The van der Waals surface area contributed by atoms with Crippen LogP contribution in [-0.2, 0) is 9.53 Å². The van der Waals surface area contributed by atoms with Crippen molar-refractivity contribution in [2.24, 2.45) is 0 Å². The second kappa shape index (κ2) is 11.6. The molecule has 2 aromatic rings. The minimum atomic E-state index is -0.829. The lowest BCUT2D eigenvalue weighted by atomic mass is 9.97. The van der Waals surface area contributed by atoms with Gasteiger partial charge in [0.15, 0.2) is 0 Å². The van der Waals surface area contributed by atoms with Crippen molar-refractivity contribution in [2.45, 2.75) is 39.5 Å². The number of aliphatic carboxylic acids is 1. The molecule has 0 fully saturated rings. The number of benzene rings is 2. The van der Waals surface area contributed by atoms with Crippen molar-refractivity contribution in [1.29, 1.82) is 0 Å². The van der Waals surface area contributed by atoms with E-state index in [-0.39, 0.29) is 0 Å². The molecule has 5 nitrogen and oxygen atoms in total. The molecular weight excluding hydrogens is 390 g/mol. The van der Waals surface area contributed by atoms with Gasteiger partial charge in [-0.15, -0.1) is 0 Å². The Kier molecular flexibility index (Phi) is 8.53. The van der Waals surface area contributed by atoms with Crippen LogP contribution in [0.5, 0.6) is 5.75 Å². The maximum Gasteiger partial charge on any atom is 0.331 e. The van der Waals surface area contributed by atoms with Crippen LogP contribution >= 0.6 is 0 Å². The molecule has 0 aliphatic carbocycles. The van der Waals surface area contributed by atoms with Crippen molar-refractivity contribution in [3.63, 3.8) is 0 Å². The van der Waals surface area contributed by atoms with Crippen LogP contribution in [0.15, 0.2) is 48.0 Å². The molecule has 0 bridgehead atoms. The van der Waals surface area contributed by atoms with Gasteiger partial charge >= 0.3 is 5.97 Å². The first-order valence-corrected chi connectivity index (χ1v) is 11.3. The number of carboxylic acid groups (broad SMARTS) is 1. The minimum Gasteiger partial charge on any atom is -0.491 e. The molecule has 31 heavy (non-hydrogen) atoms. The van der Waals surface area contributed by atoms with Gasteiger partial charge in [0.25, 0.3) is 0 Å². The summed E-state index contributed by atoms with van der Waals surface area (Å²) in [7, 11) is 0. The maximum absolute atomic E-state index is 11.7. The van der Waals surface area contributed by atoms with E-state index in [1.54, 1.807) is 0 Å². The third-order valence-electron chi connectivity index (χ3n) is 5.37. The lowest BCUT2D eigenvalue weighted by Gasteiger charge is -2.28.